The number of ether oxygens (including phenoxy) is 1. The van der Waals surface area contributed by atoms with Crippen molar-refractivity contribution >= 4 is 0 Å². The van der Waals surface area contributed by atoms with Gasteiger partial charge in [0.1, 0.15) is 0 Å². The van der Waals surface area contributed by atoms with Crippen LogP contribution in [-0.4, -0.2) is 19.1 Å². The van der Waals surface area contributed by atoms with Crippen molar-refractivity contribution < 1.29 is 9.13 Å². The van der Waals surface area contributed by atoms with E-state index in [2.05, 4.69) is 10.3 Å². The van der Waals surface area contributed by atoms with Gasteiger partial charge >= 0.3 is 0 Å². The van der Waals surface area contributed by atoms with Crippen LogP contribution in [-0.2, 0) is 0 Å². The molecule has 2 aromatic rings. The molecule has 0 aliphatic heterocycles. The van der Waals surface area contributed by atoms with E-state index >= 15 is 0 Å². The van der Waals surface area contributed by atoms with E-state index < -0.39 is 0 Å². The largest absolute Gasteiger partial charge is 0.494 e. The van der Waals surface area contributed by atoms with Crippen molar-refractivity contribution in [2.75, 3.05) is 14.2 Å². The maximum Gasteiger partial charge on any atom is 0.165 e. The van der Waals surface area contributed by atoms with Crippen LogP contribution in [0.4, 0.5) is 4.39 Å². The summed E-state index contributed by atoms with van der Waals surface area (Å²) >= 11 is 0. The Hall–Kier alpha value is -1.94. The van der Waals surface area contributed by atoms with Gasteiger partial charge in [-0.25, -0.2) is 4.39 Å². The number of nitrogens with one attached hydrogen (secondary N) is 1. The predicted octanol–water partition coefficient (Wildman–Crippen LogP) is 3.15. The van der Waals surface area contributed by atoms with Gasteiger partial charge in [-0.15, -0.1) is 0 Å². The second-order valence-electron chi connectivity index (χ2n) is 4.74. The zero-order chi connectivity index (χ0) is 14.7. The zero-order valence-electron chi connectivity index (χ0n) is 12.2. The highest BCUT2D eigenvalue weighted by molar-refractivity contribution is 5.38. The smallest absolute Gasteiger partial charge is 0.165 e. The van der Waals surface area contributed by atoms with Crippen LogP contribution in [0.3, 0.4) is 0 Å². The summed E-state index contributed by atoms with van der Waals surface area (Å²) in [7, 11) is 3.31. The Morgan fingerprint density at radius 3 is 2.50 bits per heavy atom. The maximum atomic E-state index is 13.9. The van der Waals surface area contributed by atoms with E-state index in [1.165, 1.54) is 13.2 Å². The molecule has 20 heavy (non-hydrogen) atoms. The van der Waals surface area contributed by atoms with Crippen molar-refractivity contribution in [2.24, 2.45) is 0 Å². The summed E-state index contributed by atoms with van der Waals surface area (Å²) in [5.41, 5.74) is 3.81. The van der Waals surface area contributed by atoms with Crippen molar-refractivity contribution in [3.63, 3.8) is 0 Å². The molecule has 0 radical (unpaired) electrons. The van der Waals surface area contributed by atoms with Gasteiger partial charge in [-0.05, 0) is 50.2 Å². The Morgan fingerprint density at radius 1 is 1.20 bits per heavy atom. The van der Waals surface area contributed by atoms with E-state index in [0.29, 0.717) is 0 Å². The number of aryl methyl sites for hydroxylation is 2. The molecule has 1 aromatic carbocycles. The molecule has 0 aliphatic carbocycles. The second kappa shape index (κ2) is 6.01. The highest BCUT2D eigenvalue weighted by Gasteiger charge is 2.16. The molecule has 0 aliphatic rings. The fourth-order valence-corrected chi connectivity index (χ4v) is 2.37. The number of methoxy groups -OCH3 is 1. The minimum absolute atomic E-state index is 0.0940. The standard InChI is InChI=1S/C16H19FN2O/c1-10-5-7-13(11(2)19-10)16(18-3)12-6-8-15(20-4)14(17)9-12/h5-9,16,18H,1-4H3. The van der Waals surface area contributed by atoms with E-state index in [1.54, 1.807) is 6.07 Å². The van der Waals surface area contributed by atoms with E-state index in [0.717, 1.165) is 22.5 Å². The average molecular weight is 274 g/mol. The van der Waals surface area contributed by atoms with E-state index in [4.69, 9.17) is 4.74 Å². The number of aromatic nitrogens is 1. The van der Waals surface area contributed by atoms with Gasteiger partial charge in [0.05, 0.1) is 13.2 Å². The predicted molar refractivity (Wildman–Crippen MR) is 77.6 cm³/mol. The van der Waals surface area contributed by atoms with E-state index in [9.17, 15) is 4.39 Å². The number of nitrogens with zero attached hydrogens (tertiary/aromatic N) is 1. The molecule has 2 rings (SSSR count). The van der Waals surface area contributed by atoms with Crippen LogP contribution in [0.25, 0.3) is 0 Å². The van der Waals surface area contributed by atoms with Gasteiger partial charge in [0.15, 0.2) is 11.6 Å². The first-order valence-corrected chi connectivity index (χ1v) is 6.51. The third-order valence-electron chi connectivity index (χ3n) is 3.37. The van der Waals surface area contributed by atoms with Crippen LogP contribution in [0.5, 0.6) is 5.75 Å². The lowest BCUT2D eigenvalue weighted by atomic mass is 9.97. The summed E-state index contributed by atoms with van der Waals surface area (Å²) in [6.45, 7) is 3.92. The van der Waals surface area contributed by atoms with Crippen molar-refractivity contribution in [2.45, 2.75) is 19.9 Å². The first kappa shape index (κ1) is 14.5. The summed E-state index contributed by atoms with van der Waals surface area (Å²) in [5.74, 6) is -0.106. The van der Waals surface area contributed by atoms with Crippen LogP contribution >= 0.6 is 0 Å². The van der Waals surface area contributed by atoms with Gasteiger partial charge in [0.25, 0.3) is 0 Å². The summed E-state index contributed by atoms with van der Waals surface area (Å²) in [5, 5.41) is 3.21. The minimum atomic E-state index is -0.358. The number of benzene rings is 1. The lowest BCUT2D eigenvalue weighted by Crippen LogP contribution is -2.19. The lowest BCUT2D eigenvalue weighted by molar-refractivity contribution is 0.386. The summed E-state index contributed by atoms with van der Waals surface area (Å²) in [6, 6.07) is 8.91. The molecular weight excluding hydrogens is 255 g/mol. The molecule has 1 N–H and O–H groups in total. The Balaban J connectivity index is 2.44. The Bertz CT molecular complexity index is 613. The summed E-state index contributed by atoms with van der Waals surface area (Å²) in [6.07, 6.45) is 0. The molecule has 1 atom stereocenters. The molecule has 1 aromatic heterocycles. The van der Waals surface area contributed by atoms with Crippen LogP contribution in [0, 0.1) is 19.7 Å². The fourth-order valence-electron chi connectivity index (χ4n) is 2.37. The second-order valence-corrected chi connectivity index (χ2v) is 4.74. The molecule has 1 unspecified atom stereocenters. The maximum absolute atomic E-state index is 13.9. The van der Waals surface area contributed by atoms with Crippen LogP contribution in [0.15, 0.2) is 30.3 Å². The topological polar surface area (TPSA) is 34.1 Å². The molecule has 0 saturated heterocycles. The van der Waals surface area contributed by atoms with Crippen LogP contribution in [0.1, 0.15) is 28.6 Å². The van der Waals surface area contributed by atoms with Gasteiger partial charge in [0.2, 0.25) is 0 Å². The van der Waals surface area contributed by atoms with Crippen molar-refractivity contribution in [3.8, 4) is 5.75 Å². The Morgan fingerprint density at radius 2 is 1.95 bits per heavy atom. The molecule has 1 heterocycles. The van der Waals surface area contributed by atoms with Gasteiger partial charge in [-0.3, -0.25) is 4.98 Å². The molecule has 0 bridgehead atoms. The van der Waals surface area contributed by atoms with Gasteiger partial charge in [-0.2, -0.15) is 0 Å². The van der Waals surface area contributed by atoms with Gasteiger partial charge < -0.3 is 10.1 Å². The van der Waals surface area contributed by atoms with E-state index in [1.807, 2.05) is 39.1 Å². The molecule has 0 fully saturated rings. The third-order valence-corrected chi connectivity index (χ3v) is 3.37. The number of rotatable bonds is 4. The molecular formula is C16H19FN2O. The molecule has 0 spiro atoms. The fraction of sp³-hybridized carbons (Fsp3) is 0.312. The molecule has 106 valence electrons. The first-order valence-electron chi connectivity index (χ1n) is 6.51. The van der Waals surface area contributed by atoms with Crippen LogP contribution in [0.2, 0.25) is 0 Å². The highest BCUT2D eigenvalue weighted by atomic mass is 19.1. The zero-order valence-corrected chi connectivity index (χ0v) is 12.2. The monoisotopic (exact) mass is 274 g/mol. The van der Waals surface area contributed by atoms with Crippen molar-refractivity contribution in [3.05, 3.63) is 58.7 Å². The average Bonchev–Trinajstić information content (AvgIpc) is 2.42. The SMILES string of the molecule is CNC(c1ccc(OC)c(F)c1)c1ccc(C)nc1C. The van der Waals surface area contributed by atoms with Gasteiger partial charge in [-0.1, -0.05) is 12.1 Å². The summed E-state index contributed by atoms with van der Waals surface area (Å²) < 4.78 is 18.8. The van der Waals surface area contributed by atoms with E-state index in [-0.39, 0.29) is 17.6 Å². The van der Waals surface area contributed by atoms with Crippen LogP contribution < -0.4 is 10.1 Å². The molecule has 0 amide bonds. The number of pyridine rings is 1. The molecule has 0 saturated carbocycles. The number of halogens is 1. The minimum Gasteiger partial charge on any atom is -0.494 e. The highest BCUT2D eigenvalue weighted by Crippen LogP contribution is 2.27. The molecule has 4 heteroatoms. The van der Waals surface area contributed by atoms with Gasteiger partial charge in [0, 0.05) is 11.4 Å². The first-order chi connectivity index (χ1) is 9.56. The van der Waals surface area contributed by atoms with Crippen molar-refractivity contribution in [1.29, 1.82) is 0 Å². The quantitative estimate of drug-likeness (QED) is 0.930. The van der Waals surface area contributed by atoms with Crippen molar-refractivity contribution in [1.82, 2.24) is 10.3 Å². The number of hydrogen-bond acceptors (Lipinski definition) is 3. The third kappa shape index (κ3) is 2.80. The molecule has 3 nitrogen and oxygen atoms in total. The Labute approximate surface area is 118 Å². The number of hydrogen-bond donors (Lipinski definition) is 1. The summed E-state index contributed by atoms with van der Waals surface area (Å²) in [4.78, 5) is 4.47. The Kier molecular flexibility index (Phi) is 4.35. The normalized spacial score (nSPS) is 12.2. The lowest BCUT2D eigenvalue weighted by Gasteiger charge is -2.19.